The van der Waals surface area contributed by atoms with Crippen molar-refractivity contribution >= 4 is 36.4 Å². The van der Waals surface area contributed by atoms with Crippen molar-refractivity contribution in [3.05, 3.63) is 101 Å². The third kappa shape index (κ3) is 4.56. The molecule has 0 atom stereocenters. The van der Waals surface area contributed by atoms with E-state index in [9.17, 15) is 19.2 Å². The van der Waals surface area contributed by atoms with Crippen molar-refractivity contribution in [2.75, 3.05) is 0 Å². The van der Waals surface area contributed by atoms with Crippen molar-refractivity contribution in [1.29, 1.82) is 0 Å². The second-order valence-electron chi connectivity index (χ2n) is 8.39. The third-order valence-corrected chi connectivity index (χ3v) is 7.14. The molecule has 0 saturated heterocycles. The maximum Gasteiger partial charge on any atom is 0.235 e. The Morgan fingerprint density at radius 1 is 0.688 bits per heavy atom. The molecule has 0 saturated carbocycles. The molecule has 0 aromatic heterocycles. The van der Waals surface area contributed by atoms with Crippen molar-refractivity contribution in [1.82, 2.24) is 0 Å². The van der Waals surface area contributed by atoms with Gasteiger partial charge in [-0.15, -0.1) is 6.42 Å². The van der Waals surface area contributed by atoms with Gasteiger partial charge in [-0.1, -0.05) is 97.5 Å². The molecule has 0 N–H and O–H groups in total. The summed E-state index contributed by atoms with van der Waals surface area (Å²) >= 11 is 0. The quantitative estimate of drug-likeness (QED) is 0.238. The van der Waals surface area contributed by atoms with Crippen LogP contribution < -0.4 is 5.19 Å². The van der Waals surface area contributed by atoms with E-state index in [0.717, 1.165) is 5.19 Å². The van der Waals surface area contributed by atoms with Gasteiger partial charge in [0.05, 0.1) is 13.6 Å². The number of ketones is 4. The van der Waals surface area contributed by atoms with E-state index in [1.807, 2.05) is 0 Å². The van der Waals surface area contributed by atoms with Gasteiger partial charge in [0.1, 0.15) is 0 Å². The summed E-state index contributed by atoms with van der Waals surface area (Å²) in [5.41, 5.74) is 0.204. The van der Waals surface area contributed by atoms with E-state index in [-0.39, 0.29) is 27.8 Å². The van der Waals surface area contributed by atoms with Gasteiger partial charge in [-0.3, -0.25) is 19.2 Å². The number of Topliss-reactive ketones (excluding diaryl/α,β-unsaturated/α-hetero) is 4. The molecule has 0 aliphatic carbocycles. The number of terminal acetylenes is 1. The van der Waals surface area contributed by atoms with Gasteiger partial charge in [-0.2, -0.15) is 0 Å². The van der Waals surface area contributed by atoms with E-state index in [4.69, 9.17) is 6.42 Å². The van der Waals surface area contributed by atoms with Gasteiger partial charge in [0.25, 0.3) is 0 Å². The van der Waals surface area contributed by atoms with Crippen LogP contribution in [0.1, 0.15) is 47.0 Å². The molecule has 4 nitrogen and oxygen atoms in total. The first kappa shape index (κ1) is 22.8. The molecular formula is C27H22O4Si. The normalized spacial score (nSPS) is 10.8. The molecule has 3 rings (SSSR count). The summed E-state index contributed by atoms with van der Waals surface area (Å²) in [7, 11) is -1.98. The molecule has 0 spiro atoms. The first-order valence-corrected chi connectivity index (χ1v) is 13.6. The summed E-state index contributed by atoms with van der Waals surface area (Å²) < 4.78 is 0. The molecule has 0 amide bonds. The summed E-state index contributed by atoms with van der Waals surface area (Å²) in [5, 5.41) is 0.818. The first-order chi connectivity index (χ1) is 15.1. The largest absolute Gasteiger partial charge is 0.285 e. The number of rotatable bonds is 7. The highest BCUT2D eigenvalue weighted by atomic mass is 28.3. The minimum atomic E-state index is -1.98. The van der Waals surface area contributed by atoms with Gasteiger partial charge in [0.2, 0.25) is 23.1 Å². The summed E-state index contributed by atoms with van der Waals surface area (Å²) in [6.45, 7) is 6.19. The molecule has 0 aliphatic heterocycles. The Balaban J connectivity index is 2.23. The zero-order valence-electron chi connectivity index (χ0n) is 18.1. The lowest BCUT2D eigenvalue weighted by atomic mass is 9.89. The van der Waals surface area contributed by atoms with E-state index in [0.29, 0.717) is 0 Å². The van der Waals surface area contributed by atoms with Gasteiger partial charge in [-0.05, 0) is 6.07 Å². The summed E-state index contributed by atoms with van der Waals surface area (Å²) in [4.78, 5) is 52.4. The second kappa shape index (κ2) is 9.09. The topological polar surface area (TPSA) is 68.3 Å². The van der Waals surface area contributed by atoms with E-state index < -0.39 is 31.2 Å². The Morgan fingerprint density at radius 2 is 1.16 bits per heavy atom. The van der Waals surface area contributed by atoms with Gasteiger partial charge < -0.3 is 0 Å². The average Bonchev–Trinajstić information content (AvgIpc) is 2.81. The highest BCUT2D eigenvalue weighted by Gasteiger charge is 2.32. The van der Waals surface area contributed by atoms with Crippen LogP contribution in [0.15, 0.2) is 72.8 Å². The highest BCUT2D eigenvalue weighted by Crippen LogP contribution is 2.21. The van der Waals surface area contributed by atoms with Crippen LogP contribution in [0, 0.1) is 12.3 Å². The fraction of sp³-hybridized carbons (Fsp3) is 0.111. The SMILES string of the molecule is C#Cc1cc([Si](C)(C)C)cc(C(=O)C(=O)c2ccccc2)c1C(=O)C(=O)c1ccccc1. The van der Waals surface area contributed by atoms with Crippen LogP contribution in [0.2, 0.25) is 19.6 Å². The molecule has 0 heterocycles. The molecule has 0 unspecified atom stereocenters. The maximum absolute atomic E-state index is 13.3. The van der Waals surface area contributed by atoms with Crippen LogP contribution >= 0.6 is 0 Å². The van der Waals surface area contributed by atoms with Crippen molar-refractivity contribution in [2.45, 2.75) is 19.6 Å². The summed E-state index contributed by atoms with van der Waals surface area (Å²) in [6, 6.07) is 19.4. The maximum atomic E-state index is 13.3. The molecule has 0 aliphatic rings. The monoisotopic (exact) mass is 438 g/mol. The predicted octanol–water partition coefficient (Wildman–Crippen LogP) is 4.34. The minimum Gasteiger partial charge on any atom is -0.285 e. The van der Waals surface area contributed by atoms with Crippen LogP contribution in [-0.2, 0) is 0 Å². The highest BCUT2D eigenvalue weighted by molar-refractivity contribution is 6.88. The van der Waals surface area contributed by atoms with Crippen LogP contribution in [0.4, 0.5) is 0 Å². The molecule has 0 fully saturated rings. The van der Waals surface area contributed by atoms with E-state index in [1.165, 1.54) is 24.3 Å². The lowest BCUT2D eigenvalue weighted by Gasteiger charge is -2.20. The first-order valence-electron chi connectivity index (χ1n) is 10.1. The van der Waals surface area contributed by atoms with Crippen molar-refractivity contribution in [2.24, 2.45) is 0 Å². The van der Waals surface area contributed by atoms with Gasteiger partial charge in [0, 0.05) is 22.3 Å². The second-order valence-corrected chi connectivity index (χ2v) is 13.5. The van der Waals surface area contributed by atoms with Crippen molar-refractivity contribution in [3.63, 3.8) is 0 Å². The van der Waals surface area contributed by atoms with E-state index in [2.05, 4.69) is 25.6 Å². The standard InChI is InChI=1S/C27H22O4Si/c1-5-18-16-21(32(2,3)4)17-22(26(30)24(28)19-12-8-6-9-13-19)23(18)27(31)25(29)20-14-10-7-11-15-20/h1,6-17H,2-4H3. The molecule has 0 radical (unpaired) electrons. The predicted molar refractivity (Wildman–Crippen MR) is 128 cm³/mol. The lowest BCUT2D eigenvalue weighted by molar-refractivity contribution is 0.0801. The summed E-state index contributed by atoms with van der Waals surface area (Å²) in [6.07, 6.45) is 5.70. The fourth-order valence-electron chi connectivity index (χ4n) is 3.29. The van der Waals surface area contributed by atoms with Crippen molar-refractivity contribution < 1.29 is 19.2 Å². The molecule has 5 heteroatoms. The number of carbonyl (C=O) groups is 4. The minimum absolute atomic E-state index is 0.124. The number of hydrogen-bond donors (Lipinski definition) is 0. The Bertz CT molecular complexity index is 1260. The number of hydrogen-bond acceptors (Lipinski definition) is 4. The van der Waals surface area contributed by atoms with E-state index in [1.54, 1.807) is 48.5 Å². The van der Waals surface area contributed by atoms with Crippen molar-refractivity contribution in [3.8, 4) is 12.3 Å². The third-order valence-electron chi connectivity index (χ3n) is 5.12. The molecular weight excluding hydrogens is 416 g/mol. The molecule has 3 aromatic carbocycles. The van der Waals surface area contributed by atoms with Crippen LogP contribution in [0.25, 0.3) is 0 Å². The molecule has 32 heavy (non-hydrogen) atoms. The average molecular weight is 439 g/mol. The molecule has 158 valence electrons. The van der Waals surface area contributed by atoms with Crippen LogP contribution in [0.5, 0.6) is 0 Å². The van der Waals surface area contributed by atoms with Gasteiger partial charge in [-0.25, -0.2) is 0 Å². The Labute approximate surface area is 188 Å². The van der Waals surface area contributed by atoms with Crippen LogP contribution in [0.3, 0.4) is 0 Å². The van der Waals surface area contributed by atoms with Gasteiger partial charge >= 0.3 is 0 Å². The zero-order chi connectivity index (χ0) is 23.5. The number of carbonyl (C=O) groups excluding carboxylic acids is 4. The number of benzene rings is 3. The molecule has 0 bridgehead atoms. The van der Waals surface area contributed by atoms with E-state index >= 15 is 0 Å². The van der Waals surface area contributed by atoms with Crippen LogP contribution in [-0.4, -0.2) is 31.2 Å². The fourth-order valence-corrected chi connectivity index (χ4v) is 4.44. The molecule has 3 aromatic rings. The smallest absolute Gasteiger partial charge is 0.235 e. The Morgan fingerprint density at radius 3 is 1.59 bits per heavy atom. The Kier molecular flexibility index (Phi) is 6.47. The van der Waals surface area contributed by atoms with Gasteiger partial charge in [0.15, 0.2) is 0 Å². The Hall–Kier alpha value is -3.88. The zero-order valence-corrected chi connectivity index (χ0v) is 19.1. The lowest BCUT2D eigenvalue weighted by Crippen LogP contribution is -2.39. The summed E-state index contributed by atoms with van der Waals surface area (Å²) in [5.74, 6) is -0.865.